The molecule has 0 bridgehead atoms. The van der Waals surface area contributed by atoms with Crippen molar-refractivity contribution < 1.29 is 19.2 Å². The fourth-order valence-corrected chi connectivity index (χ4v) is 3.15. The molecule has 0 atom stereocenters. The van der Waals surface area contributed by atoms with Crippen molar-refractivity contribution in [3.05, 3.63) is 71.8 Å². The number of hydrogen-bond donors (Lipinski definition) is 2. The van der Waals surface area contributed by atoms with Gasteiger partial charge >= 0.3 is 0 Å². The lowest BCUT2D eigenvalue weighted by molar-refractivity contribution is -0.125. The highest BCUT2D eigenvalue weighted by Gasteiger charge is 2.35. The molecule has 2 aliphatic heterocycles. The first-order chi connectivity index (χ1) is 12.5. The van der Waals surface area contributed by atoms with Crippen LogP contribution in [-0.4, -0.2) is 23.6 Å². The molecule has 0 radical (unpaired) electrons. The van der Waals surface area contributed by atoms with Gasteiger partial charge in [0.25, 0.3) is 23.6 Å². The molecule has 2 heterocycles. The SMILES string of the molecule is C=CCC1=C(c2ccccc2C2=C(CC=C)C(=O)NC2=O)C(=O)NC1=O. The second kappa shape index (κ2) is 6.76. The molecule has 26 heavy (non-hydrogen) atoms. The molecule has 0 aromatic heterocycles. The number of benzene rings is 1. The number of amides is 4. The van der Waals surface area contributed by atoms with Gasteiger partial charge in [-0.2, -0.15) is 0 Å². The number of rotatable bonds is 6. The van der Waals surface area contributed by atoms with E-state index in [1.165, 1.54) is 12.2 Å². The molecule has 1 aromatic carbocycles. The Balaban J connectivity index is 2.28. The molecule has 0 aliphatic carbocycles. The van der Waals surface area contributed by atoms with Crippen molar-refractivity contribution in [2.24, 2.45) is 0 Å². The van der Waals surface area contributed by atoms with Crippen LogP contribution in [0.15, 0.2) is 60.7 Å². The van der Waals surface area contributed by atoms with Gasteiger partial charge in [-0.15, -0.1) is 13.2 Å². The zero-order chi connectivity index (χ0) is 18.8. The molecule has 2 aliphatic rings. The Kier molecular flexibility index (Phi) is 4.49. The van der Waals surface area contributed by atoms with E-state index in [9.17, 15) is 19.2 Å². The van der Waals surface area contributed by atoms with Crippen molar-refractivity contribution in [2.45, 2.75) is 12.8 Å². The van der Waals surface area contributed by atoms with Crippen LogP contribution in [0.3, 0.4) is 0 Å². The van der Waals surface area contributed by atoms with E-state index < -0.39 is 23.6 Å². The predicted molar refractivity (Wildman–Crippen MR) is 96.2 cm³/mol. The Morgan fingerprint density at radius 3 is 1.42 bits per heavy atom. The maximum absolute atomic E-state index is 12.4. The normalized spacial score (nSPS) is 16.9. The summed E-state index contributed by atoms with van der Waals surface area (Å²) in [5.74, 6) is -2.02. The van der Waals surface area contributed by atoms with Gasteiger partial charge < -0.3 is 0 Å². The second-order valence-corrected chi connectivity index (χ2v) is 5.80. The van der Waals surface area contributed by atoms with Gasteiger partial charge in [-0.3, -0.25) is 29.8 Å². The minimum absolute atomic E-state index is 0.197. The molecule has 2 N–H and O–H groups in total. The number of allylic oxidation sites excluding steroid dienone is 2. The van der Waals surface area contributed by atoms with Gasteiger partial charge in [0.05, 0.1) is 11.1 Å². The summed E-state index contributed by atoms with van der Waals surface area (Å²) in [7, 11) is 0. The maximum atomic E-state index is 12.4. The molecule has 0 spiro atoms. The van der Waals surface area contributed by atoms with E-state index in [1.807, 2.05) is 0 Å². The standard InChI is InChI=1S/C20H16N2O4/c1-3-7-13-15(19(25)21-17(13)23)11-9-5-6-10-12(11)16-14(8-4-2)18(24)22-20(16)26/h3-6,9-10H,1-2,7-8H2,(H,21,23,25)(H,22,24,26). The molecular formula is C20H16N2O4. The summed E-state index contributed by atoms with van der Waals surface area (Å²) in [6.07, 6.45) is 3.49. The number of carbonyl (C=O) groups is 4. The molecule has 6 heteroatoms. The van der Waals surface area contributed by atoms with Gasteiger partial charge in [-0.05, 0) is 24.0 Å². The highest BCUT2D eigenvalue weighted by molar-refractivity contribution is 6.40. The Bertz CT molecular complexity index is 873. The topological polar surface area (TPSA) is 92.3 Å². The lowest BCUT2D eigenvalue weighted by atomic mass is 9.89. The van der Waals surface area contributed by atoms with E-state index in [0.717, 1.165) is 0 Å². The molecule has 0 fully saturated rings. The van der Waals surface area contributed by atoms with Gasteiger partial charge in [-0.25, -0.2) is 0 Å². The van der Waals surface area contributed by atoms with Crippen LogP contribution in [0.2, 0.25) is 0 Å². The third-order valence-corrected chi connectivity index (χ3v) is 4.22. The van der Waals surface area contributed by atoms with E-state index in [2.05, 4.69) is 23.8 Å². The zero-order valence-corrected chi connectivity index (χ0v) is 13.9. The van der Waals surface area contributed by atoms with Gasteiger partial charge in [0.15, 0.2) is 0 Å². The van der Waals surface area contributed by atoms with Crippen molar-refractivity contribution >= 4 is 34.8 Å². The number of hydrogen-bond acceptors (Lipinski definition) is 4. The van der Waals surface area contributed by atoms with E-state index in [1.54, 1.807) is 24.3 Å². The summed E-state index contributed by atoms with van der Waals surface area (Å²) in [4.78, 5) is 48.9. The number of nitrogens with one attached hydrogen (secondary N) is 2. The first-order valence-electron chi connectivity index (χ1n) is 7.98. The molecule has 1 aromatic rings. The Labute approximate surface area is 150 Å². The molecular weight excluding hydrogens is 332 g/mol. The van der Waals surface area contributed by atoms with Crippen molar-refractivity contribution in [1.29, 1.82) is 0 Å². The van der Waals surface area contributed by atoms with Gasteiger partial charge in [-0.1, -0.05) is 36.4 Å². The summed E-state index contributed by atoms with van der Waals surface area (Å²) >= 11 is 0. The number of imide groups is 2. The smallest absolute Gasteiger partial charge is 0.259 e. The summed E-state index contributed by atoms with van der Waals surface area (Å²) in [6, 6.07) is 6.72. The highest BCUT2D eigenvalue weighted by atomic mass is 16.2. The monoisotopic (exact) mass is 348 g/mol. The quantitative estimate of drug-likeness (QED) is 0.604. The van der Waals surface area contributed by atoms with Crippen LogP contribution in [0, 0.1) is 0 Å². The van der Waals surface area contributed by atoms with E-state index in [0.29, 0.717) is 11.1 Å². The van der Waals surface area contributed by atoms with Crippen molar-refractivity contribution in [3.63, 3.8) is 0 Å². The van der Waals surface area contributed by atoms with Crippen LogP contribution in [0.4, 0.5) is 0 Å². The molecule has 0 saturated heterocycles. The highest BCUT2D eigenvalue weighted by Crippen LogP contribution is 2.35. The fourth-order valence-electron chi connectivity index (χ4n) is 3.15. The Morgan fingerprint density at radius 2 is 1.08 bits per heavy atom. The first-order valence-corrected chi connectivity index (χ1v) is 7.98. The van der Waals surface area contributed by atoms with Gasteiger partial charge in [0, 0.05) is 11.1 Å². The third-order valence-electron chi connectivity index (χ3n) is 4.22. The average molecular weight is 348 g/mol. The van der Waals surface area contributed by atoms with Crippen LogP contribution >= 0.6 is 0 Å². The minimum atomic E-state index is -0.532. The van der Waals surface area contributed by atoms with Gasteiger partial charge in [0.1, 0.15) is 0 Å². The third kappa shape index (κ3) is 2.71. The van der Waals surface area contributed by atoms with Crippen LogP contribution in [0.25, 0.3) is 11.1 Å². The minimum Gasteiger partial charge on any atom is -0.288 e. The molecule has 3 rings (SSSR count). The van der Waals surface area contributed by atoms with E-state index in [4.69, 9.17) is 0 Å². The van der Waals surface area contributed by atoms with Gasteiger partial charge in [0.2, 0.25) is 0 Å². The summed E-state index contributed by atoms with van der Waals surface area (Å²) < 4.78 is 0. The number of carbonyl (C=O) groups excluding carboxylic acids is 4. The summed E-state index contributed by atoms with van der Waals surface area (Å²) in [6.45, 7) is 7.23. The molecule has 0 saturated carbocycles. The molecule has 6 nitrogen and oxygen atoms in total. The molecule has 0 unspecified atom stereocenters. The van der Waals surface area contributed by atoms with E-state index in [-0.39, 0.29) is 35.1 Å². The average Bonchev–Trinajstić information content (AvgIpc) is 3.04. The van der Waals surface area contributed by atoms with Crippen LogP contribution < -0.4 is 10.6 Å². The molecule has 4 amide bonds. The fraction of sp³-hybridized carbons (Fsp3) is 0.100. The largest absolute Gasteiger partial charge is 0.288 e. The van der Waals surface area contributed by atoms with Crippen LogP contribution in [0.1, 0.15) is 24.0 Å². The van der Waals surface area contributed by atoms with Crippen LogP contribution in [-0.2, 0) is 19.2 Å². The first kappa shape index (κ1) is 17.3. The maximum Gasteiger partial charge on any atom is 0.259 e. The molecule has 130 valence electrons. The lowest BCUT2D eigenvalue weighted by Crippen LogP contribution is -2.23. The summed E-state index contributed by atoms with van der Waals surface area (Å²) in [5.41, 5.74) is 1.82. The summed E-state index contributed by atoms with van der Waals surface area (Å²) in [5, 5.41) is 4.55. The zero-order valence-electron chi connectivity index (χ0n) is 13.9. The predicted octanol–water partition coefficient (Wildman–Crippen LogP) is 1.66. The lowest BCUT2D eigenvalue weighted by Gasteiger charge is -2.11. The Hall–Kier alpha value is -3.54. The Morgan fingerprint density at radius 1 is 0.692 bits per heavy atom. The second-order valence-electron chi connectivity index (χ2n) is 5.80. The van der Waals surface area contributed by atoms with Crippen molar-refractivity contribution in [3.8, 4) is 0 Å². The van der Waals surface area contributed by atoms with E-state index >= 15 is 0 Å². The van der Waals surface area contributed by atoms with Crippen molar-refractivity contribution in [2.75, 3.05) is 0 Å². The van der Waals surface area contributed by atoms with Crippen molar-refractivity contribution in [1.82, 2.24) is 10.6 Å². The van der Waals surface area contributed by atoms with Crippen LogP contribution in [0.5, 0.6) is 0 Å².